The van der Waals surface area contributed by atoms with E-state index in [2.05, 4.69) is 69.4 Å². The molecule has 0 rings (SSSR count). The Hall–Kier alpha value is -2.63. The highest BCUT2D eigenvalue weighted by Crippen LogP contribution is 2.18. The quantitative estimate of drug-likeness (QED) is 0.0261. The van der Waals surface area contributed by atoms with E-state index in [0.717, 1.165) is 96.3 Å². The third-order valence-corrected chi connectivity index (χ3v) is 15.0. The maximum atomic E-state index is 12.9. The molecule has 444 valence electrons. The van der Waals surface area contributed by atoms with E-state index in [0.29, 0.717) is 19.3 Å². The number of allylic oxidation sites excluding steroid dienone is 8. The molecule has 0 heterocycles. The largest absolute Gasteiger partial charge is 0.462 e. The van der Waals surface area contributed by atoms with E-state index in [4.69, 9.17) is 14.2 Å². The summed E-state index contributed by atoms with van der Waals surface area (Å²) in [5.41, 5.74) is 0. The van der Waals surface area contributed by atoms with Crippen molar-refractivity contribution in [1.29, 1.82) is 0 Å². The van der Waals surface area contributed by atoms with Crippen LogP contribution in [-0.2, 0) is 28.6 Å². The highest BCUT2D eigenvalue weighted by molar-refractivity contribution is 5.71. The topological polar surface area (TPSA) is 78.9 Å². The van der Waals surface area contributed by atoms with Crippen molar-refractivity contribution in [2.45, 2.75) is 367 Å². The van der Waals surface area contributed by atoms with Gasteiger partial charge in [-0.2, -0.15) is 0 Å². The minimum Gasteiger partial charge on any atom is -0.462 e. The van der Waals surface area contributed by atoms with E-state index in [-0.39, 0.29) is 31.1 Å². The van der Waals surface area contributed by atoms with Crippen molar-refractivity contribution < 1.29 is 28.6 Å². The molecule has 0 aromatic carbocycles. The minimum absolute atomic E-state index is 0.0776. The second-order valence-corrected chi connectivity index (χ2v) is 22.7. The predicted octanol–water partition coefficient (Wildman–Crippen LogP) is 22.9. The van der Waals surface area contributed by atoms with Gasteiger partial charge in [0, 0.05) is 19.3 Å². The van der Waals surface area contributed by atoms with Crippen molar-refractivity contribution in [2.24, 2.45) is 0 Å². The summed E-state index contributed by atoms with van der Waals surface area (Å²) in [5.74, 6) is -0.880. The summed E-state index contributed by atoms with van der Waals surface area (Å²) in [4.78, 5) is 38.3. The second-order valence-electron chi connectivity index (χ2n) is 22.7. The van der Waals surface area contributed by atoms with Crippen LogP contribution in [0.5, 0.6) is 0 Å². The molecule has 76 heavy (non-hydrogen) atoms. The van der Waals surface area contributed by atoms with Gasteiger partial charge in [-0.05, 0) is 77.0 Å². The molecule has 0 aliphatic carbocycles. The van der Waals surface area contributed by atoms with E-state index in [9.17, 15) is 14.4 Å². The zero-order chi connectivity index (χ0) is 55.0. The number of hydrogen-bond acceptors (Lipinski definition) is 6. The standard InChI is InChI=1S/C70H128O6/c1-4-7-10-13-16-19-22-25-27-29-30-31-32-33-34-35-36-37-38-39-41-42-45-48-51-54-57-60-63-69(72)75-66-67(65-74-68(71)62-59-56-53-50-47-44-24-21-18-15-12-9-6-3)76-70(73)64-61-58-55-52-49-46-43-40-28-26-23-20-17-14-11-8-5-2/h12,15,17,20-21,24,26,28,67H,4-11,13-14,16,18-19,22-23,25,27,29-66H2,1-3H3/b15-12-,20-17-,24-21-,28-26-. The highest BCUT2D eigenvalue weighted by Gasteiger charge is 2.19. The molecule has 0 bridgehead atoms. The van der Waals surface area contributed by atoms with Gasteiger partial charge in [0.1, 0.15) is 13.2 Å². The van der Waals surface area contributed by atoms with Crippen LogP contribution in [-0.4, -0.2) is 37.2 Å². The van der Waals surface area contributed by atoms with Crippen LogP contribution < -0.4 is 0 Å². The second kappa shape index (κ2) is 64.9. The fourth-order valence-electron chi connectivity index (χ4n) is 9.99. The molecule has 0 aliphatic rings. The van der Waals surface area contributed by atoms with E-state index < -0.39 is 6.10 Å². The number of hydrogen-bond donors (Lipinski definition) is 0. The zero-order valence-electron chi connectivity index (χ0n) is 51.0. The van der Waals surface area contributed by atoms with Crippen LogP contribution in [0.15, 0.2) is 48.6 Å². The first-order valence-corrected chi connectivity index (χ1v) is 33.6. The molecule has 6 nitrogen and oxygen atoms in total. The molecule has 1 unspecified atom stereocenters. The van der Waals surface area contributed by atoms with E-state index in [1.807, 2.05) is 0 Å². The highest BCUT2D eigenvalue weighted by atomic mass is 16.6. The maximum absolute atomic E-state index is 12.9. The molecule has 1 atom stereocenters. The molecule has 0 saturated heterocycles. The first-order chi connectivity index (χ1) is 37.5. The molecular formula is C70H128O6. The van der Waals surface area contributed by atoms with Crippen LogP contribution in [0.3, 0.4) is 0 Å². The molecule has 0 fully saturated rings. The van der Waals surface area contributed by atoms with Crippen molar-refractivity contribution in [2.75, 3.05) is 13.2 Å². The Morgan fingerprint density at radius 3 is 0.803 bits per heavy atom. The summed E-state index contributed by atoms with van der Waals surface area (Å²) in [6.45, 7) is 6.59. The Morgan fingerprint density at radius 2 is 0.500 bits per heavy atom. The van der Waals surface area contributed by atoms with E-state index in [1.54, 1.807) is 0 Å². The maximum Gasteiger partial charge on any atom is 0.306 e. The monoisotopic (exact) mass is 1060 g/mol. The lowest BCUT2D eigenvalue weighted by atomic mass is 10.0. The number of unbranched alkanes of at least 4 members (excludes halogenated alkanes) is 43. The van der Waals surface area contributed by atoms with Crippen molar-refractivity contribution >= 4 is 17.9 Å². The smallest absolute Gasteiger partial charge is 0.306 e. The average molecular weight is 1070 g/mol. The van der Waals surface area contributed by atoms with Gasteiger partial charge in [-0.3, -0.25) is 14.4 Å². The van der Waals surface area contributed by atoms with Crippen LogP contribution in [0.1, 0.15) is 361 Å². The Balaban J connectivity index is 4.19. The molecular weight excluding hydrogens is 937 g/mol. The van der Waals surface area contributed by atoms with Crippen LogP contribution in [0, 0.1) is 0 Å². The molecule has 0 saturated carbocycles. The van der Waals surface area contributed by atoms with Gasteiger partial charge in [0.05, 0.1) is 0 Å². The van der Waals surface area contributed by atoms with Gasteiger partial charge < -0.3 is 14.2 Å². The van der Waals surface area contributed by atoms with E-state index >= 15 is 0 Å². The fraction of sp³-hybridized carbons (Fsp3) is 0.843. The van der Waals surface area contributed by atoms with Gasteiger partial charge in [-0.1, -0.05) is 313 Å². The Labute approximate surface area is 473 Å². The molecule has 0 N–H and O–H groups in total. The average Bonchev–Trinajstić information content (AvgIpc) is 3.42. The third-order valence-electron chi connectivity index (χ3n) is 15.0. The zero-order valence-corrected chi connectivity index (χ0v) is 51.0. The van der Waals surface area contributed by atoms with Gasteiger partial charge in [0.25, 0.3) is 0 Å². The van der Waals surface area contributed by atoms with Crippen molar-refractivity contribution in [1.82, 2.24) is 0 Å². The molecule has 0 amide bonds. The molecule has 0 aliphatic heterocycles. The van der Waals surface area contributed by atoms with Crippen LogP contribution in [0.25, 0.3) is 0 Å². The molecule has 0 aromatic rings. The van der Waals surface area contributed by atoms with Gasteiger partial charge in [0.2, 0.25) is 0 Å². The summed E-state index contributed by atoms with van der Waals surface area (Å²) < 4.78 is 16.9. The fourth-order valence-corrected chi connectivity index (χ4v) is 9.99. The normalized spacial score (nSPS) is 12.3. The first kappa shape index (κ1) is 73.4. The van der Waals surface area contributed by atoms with Gasteiger partial charge >= 0.3 is 17.9 Å². The minimum atomic E-state index is -0.782. The lowest BCUT2D eigenvalue weighted by molar-refractivity contribution is -0.167. The number of rotatable bonds is 62. The summed E-state index contributed by atoms with van der Waals surface area (Å²) in [7, 11) is 0. The van der Waals surface area contributed by atoms with Gasteiger partial charge in [0.15, 0.2) is 6.10 Å². The number of esters is 3. The summed E-state index contributed by atoms with van der Waals surface area (Å²) >= 11 is 0. The van der Waals surface area contributed by atoms with Gasteiger partial charge in [-0.25, -0.2) is 0 Å². The Bertz CT molecular complexity index is 1310. The van der Waals surface area contributed by atoms with Crippen LogP contribution in [0.4, 0.5) is 0 Å². The van der Waals surface area contributed by atoms with E-state index in [1.165, 1.54) is 225 Å². The van der Waals surface area contributed by atoms with Crippen LogP contribution in [0.2, 0.25) is 0 Å². The molecule has 0 radical (unpaired) electrons. The summed E-state index contributed by atoms with van der Waals surface area (Å²) in [6, 6.07) is 0. The number of carbonyl (C=O) groups excluding carboxylic acids is 3. The first-order valence-electron chi connectivity index (χ1n) is 33.6. The molecule has 6 heteroatoms. The number of ether oxygens (including phenoxy) is 3. The Kier molecular flexibility index (Phi) is 62.6. The van der Waals surface area contributed by atoms with Crippen molar-refractivity contribution in [3.8, 4) is 0 Å². The molecule has 0 spiro atoms. The Morgan fingerprint density at radius 1 is 0.263 bits per heavy atom. The lowest BCUT2D eigenvalue weighted by Crippen LogP contribution is -2.30. The van der Waals surface area contributed by atoms with Crippen molar-refractivity contribution in [3.05, 3.63) is 48.6 Å². The summed E-state index contributed by atoms with van der Waals surface area (Å²) in [5, 5.41) is 0. The third kappa shape index (κ3) is 62.2. The van der Waals surface area contributed by atoms with Crippen molar-refractivity contribution in [3.63, 3.8) is 0 Å². The number of carbonyl (C=O) groups is 3. The lowest BCUT2D eigenvalue weighted by Gasteiger charge is -2.18. The van der Waals surface area contributed by atoms with Crippen LogP contribution >= 0.6 is 0 Å². The SMILES string of the molecule is CCC/C=C\C/C=C\CCCCCCCC(=O)OCC(COC(=O)CCCCCCCCCCCCCCCCCCCCCCCCCCCCCC)OC(=O)CCCCCCCCC/C=C\C/C=C\CCCCC. The predicted molar refractivity (Wildman–Crippen MR) is 330 cm³/mol. The molecule has 0 aromatic heterocycles. The summed E-state index contributed by atoms with van der Waals surface area (Å²) in [6.07, 6.45) is 81.4. The van der Waals surface area contributed by atoms with Gasteiger partial charge in [-0.15, -0.1) is 0 Å².